The molecule has 110 valence electrons. The molecule has 0 aromatic rings. The van der Waals surface area contributed by atoms with Gasteiger partial charge in [0.2, 0.25) is 0 Å². The number of hydrogen-bond donors (Lipinski definition) is 0. The number of ether oxygens (including phenoxy) is 2. The van der Waals surface area contributed by atoms with Crippen LogP contribution in [0.5, 0.6) is 0 Å². The van der Waals surface area contributed by atoms with Crippen molar-refractivity contribution in [2.24, 2.45) is 22.7 Å². The largest absolute Gasteiger partial charge is 0.472 e. The molecular formula is C17H30O2. The fourth-order valence-electron chi connectivity index (χ4n) is 3.68. The van der Waals surface area contributed by atoms with Crippen LogP contribution in [0.25, 0.3) is 0 Å². The Morgan fingerprint density at radius 2 is 2.11 bits per heavy atom. The first-order valence-electron chi connectivity index (χ1n) is 7.77. The molecule has 2 heteroatoms. The lowest BCUT2D eigenvalue weighted by molar-refractivity contribution is -0.0775. The van der Waals surface area contributed by atoms with Gasteiger partial charge in [-0.2, -0.15) is 0 Å². The summed E-state index contributed by atoms with van der Waals surface area (Å²) < 4.78 is 11.5. The highest BCUT2D eigenvalue weighted by molar-refractivity contribution is 4.98. The molecule has 2 rings (SSSR count). The number of rotatable bonds is 7. The molecule has 19 heavy (non-hydrogen) atoms. The Morgan fingerprint density at radius 1 is 1.37 bits per heavy atom. The van der Waals surface area contributed by atoms with Gasteiger partial charge in [0.05, 0.1) is 12.4 Å². The van der Waals surface area contributed by atoms with Gasteiger partial charge in [0.25, 0.3) is 0 Å². The molecule has 0 aliphatic heterocycles. The van der Waals surface area contributed by atoms with E-state index >= 15 is 0 Å². The highest BCUT2D eigenvalue weighted by Crippen LogP contribution is 2.55. The SMILES string of the molecule is C=C(OCOCC1(C)CC2CCC1C2)C(C)(C)CC. The van der Waals surface area contributed by atoms with Crippen molar-refractivity contribution >= 4 is 0 Å². The van der Waals surface area contributed by atoms with Gasteiger partial charge >= 0.3 is 0 Å². The van der Waals surface area contributed by atoms with Crippen LogP contribution in [0, 0.1) is 22.7 Å². The van der Waals surface area contributed by atoms with Crippen molar-refractivity contribution in [3.8, 4) is 0 Å². The van der Waals surface area contributed by atoms with E-state index in [1.807, 2.05) is 0 Å². The van der Waals surface area contributed by atoms with Crippen LogP contribution < -0.4 is 0 Å². The summed E-state index contributed by atoms with van der Waals surface area (Å²) in [5, 5.41) is 0. The monoisotopic (exact) mass is 266 g/mol. The summed E-state index contributed by atoms with van der Waals surface area (Å²) in [7, 11) is 0. The normalized spacial score (nSPS) is 33.7. The minimum Gasteiger partial charge on any atom is -0.472 e. The minimum absolute atomic E-state index is 0.0414. The second-order valence-electron chi connectivity index (χ2n) is 7.51. The predicted octanol–water partition coefficient (Wildman–Crippen LogP) is 4.75. The molecule has 2 aliphatic rings. The maximum Gasteiger partial charge on any atom is 0.188 e. The molecule has 0 aromatic carbocycles. The molecule has 2 nitrogen and oxygen atoms in total. The molecule has 0 saturated heterocycles. The fraction of sp³-hybridized carbons (Fsp3) is 0.882. The molecule has 2 bridgehead atoms. The Balaban J connectivity index is 1.69. The van der Waals surface area contributed by atoms with Gasteiger partial charge in [0.1, 0.15) is 0 Å². The van der Waals surface area contributed by atoms with Gasteiger partial charge in [0, 0.05) is 5.41 Å². The third kappa shape index (κ3) is 3.16. The topological polar surface area (TPSA) is 18.5 Å². The summed E-state index contributed by atoms with van der Waals surface area (Å²) in [4.78, 5) is 0. The molecule has 2 fully saturated rings. The third-order valence-electron chi connectivity index (χ3n) is 5.67. The third-order valence-corrected chi connectivity index (χ3v) is 5.67. The molecule has 0 heterocycles. The lowest BCUT2D eigenvalue weighted by atomic mass is 9.75. The van der Waals surface area contributed by atoms with E-state index in [0.717, 1.165) is 30.6 Å². The Bertz CT molecular complexity index is 334. The number of hydrogen-bond acceptors (Lipinski definition) is 2. The van der Waals surface area contributed by atoms with E-state index in [-0.39, 0.29) is 5.41 Å². The highest BCUT2D eigenvalue weighted by Gasteiger charge is 2.47. The second kappa shape index (κ2) is 5.47. The zero-order valence-electron chi connectivity index (χ0n) is 13.1. The Labute approximate surface area is 118 Å². The van der Waals surface area contributed by atoms with Crippen LogP contribution >= 0.6 is 0 Å². The van der Waals surface area contributed by atoms with E-state index in [0.29, 0.717) is 12.2 Å². The smallest absolute Gasteiger partial charge is 0.188 e. The zero-order valence-corrected chi connectivity index (χ0v) is 13.1. The molecule has 2 aliphatic carbocycles. The van der Waals surface area contributed by atoms with E-state index in [1.165, 1.54) is 25.7 Å². The summed E-state index contributed by atoms with van der Waals surface area (Å²) >= 11 is 0. The van der Waals surface area contributed by atoms with E-state index in [9.17, 15) is 0 Å². The van der Waals surface area contributed by atoms with Crippen molar-refractivity contribution < 1.29 is 9.47 Å². The van der Waals surface area contributed by atoms with Gasteiger partial charge in [0.15, 0.2) is 6.79 Å². The molecule has 2 saturated carbocycles. The molecule has 0 radical (unpaired) electrons. The van der Waals surface area contributed by atoms with Gasteiger partial charge in [-0.25, -0.2) is 0 Å². The summed E-state index contributed by atoms with van der Waals surface area (Å²) in [6.45, 7) is 14.1. The van der Waals surface area contributed by atoms with Crippen molar-refractivity contribution in [1.82, 2.24) is 0 Å². The Kier molecular flexibility index (Phi) is 4.29. The summed E-state index contributed by atoms with van der Waals surface area (Å²) in [6.07, 6.45) is 6.65. The molecule has 0 aromatic heterocycles. The van der Waals surface area contributed by atoms with Crippen LogP contribution in [-0.2, 0) is 9.47 Å². The van der Waals surface area contributed by atoms with Gasteiger partial charge in [-0.3, -0.25) is 0 Å². The molecule has 0 N–H and O–H groups in total. The van der Waals surface area contributed by atoms with Crippen LogP contribution in [0.4, 0.5) is 0 Å². The average Bonchev–Trinajstić information content (AvgIpc) is 2.94. The summed E-state index contributed by atoms with van der Waals surface area (Å²) in [5.74, 6) is 2.69. The van der Waals surface area contributed by atoms with Crippen molar-refractivity contribution in [2.45, 2.75) is 59.8 Å². The standard InChI is InChI=1S/C17H30O2/c1-6-16(3,4)13(2)19-12-18-11-17(5)10-14-7-8-15(17)9-14/h14-15H,2,6-12H2,1,3-5H3. The van der Waals surface area contributed by atoms with E-state index in [4.69, 9.17) is 9.47 Å². The lowest BCUT2D eigenvalue weighted by Crippen LogP contribution is -2.30. The number of allylic oxidation sites excluding steroid dienone is 1. The first kappa shape index (κ1) is 14.9. The molecule has 0 spiro atoms. The van der Waals surface area contributed by atoms with Gasteiger partial charge < -0.3 is 9.47 Å². The van der Waals surface area contributed by atoms with Crippen molar-refractivity contribution in [3.05, 3.63) is 12.3 Å². The lowest BCUT2D eigenvalue weighted by Gasteiger charge is -2.34. The maximum absolute atomic E-state index is 5.80. The molecule has 0 amide bonds. The first-order chi connectivity index (χ1) is 8.87. The number of fused-ring (bicyclic) bond motifs is 2. The van der Waals surface area contributed by atoms with Gasteiger partial charge in [-0.1, -0.05) is 40.7 Å². The fourth-order valence-corrected chi connectivity index (χ4v) is 3.68. The predicted molar refractivity (Wildman–Crippen MR) is 78.7 cm³/mol. The minimum atomic E-state index is 0.0414. The zero-order chi connectivity index (χ0) is 14.1. The van der Waals surface area contributed by atoms with Gasteiger partial charge in [-0.15, -0.1) is 0 Å². The van der Waals surface area contributed by atoms with Crippen LogP contribution in [0.15, 0.2) is 12.3 Å². The average molecular weight is 266 g/mol. The van der Waals surface area contributed by atoms with Crippen molar-refractivity contribution in [1.29, 1.82) is 0 Å². The highest BCUT2D eigenvalue weighted by atomic mass is 16.7. The summed E-state index contributed by atoms with van der Waals surface area (Å²) in [6, 6.07) is 0. The van der Waals surface area contributed by atoms with E-state index < -0.39 is 0 Å². The maximum atomic E-state index is 5.80. The second-order valence-corrected chi connectivity index (χ2v) is 7.51. The van der Waals surface area contributed by atoms with E-state index in [2.05, 4.69) is 34.3 Å². The quantitative estimate of drug-likeness (QED) is 0.376. The molecule has 3 unspecified atom stereocenters. The first-order valence-corrected chi connectivity index (χ1v) is 7.77. The summed E-state index contributed by atoms with van der Waals surface area (Å²) in [5.41, 5.74) is 0.438. The van der Waals surface area contributed by atoms with Crippen molar-refractivity contribution in [2.75, 3.05) is 13.4 Å². The van der Waals surface area contributed by atoms with Crippen LogP contribution in [0.3, 0.4) is 0 Å². The van der Waals surface area contributed by atoms with Crippen LogP contribution in [0.2, 0.25) is 0 Å². The van der Waals surface area contributed by atoms with E-state index in [1.54, 1.807) is 0 Å². The molecular weight excluding hydrogens is 236 g/mol. The Morgan fingerprint density at radius 3 is 2.63 bits per heavy atom. The molecule has 3 atom stereocenters. The van der Waals surface area contributed by atoms with Crippen molar-refractivity contribution in [3.63, 3.8) is 0 Å². The Hall–Kier alpha value is -0.500. The van der Waals surface area contributed by atoms with Crippen LogP contribution in [-0.4, -0.2) is 13.4 Å². The van der Waals surface area contributed by atoms with Gasteiger partial charge in [-0.05, 0) is 42.9 Å². The van der Waals surface area contributed by atoms with Crippen LogP contribution in [0.1, 0.15) is 59.8 Å².